The molecule has 0 atom stereocenters. The normalized spacial score (nSPS) is 18.4. The van der Waals surface area contributed by atoms with Gasteiger partial charge in [0.1, 0.15) is 0 Å². The van der Waals surface area contributed by atoms with Gasteiger partial charge < -0.3 is 5.32 Å². The highest BCUT2D eigenvalue weighted by molar-refractivity contribution is 7.91. The minimum atomic E-state index is -2.87. The lowest BCUT2D eigenvalue weighted by Crippen LogP contribution is -2.24. The molecule has 3 nitrogen and oxygen atoms in total. The predicted octanol–water partition coefficient (Wildman–Crippen LogP) is 1.12. The number of hydrogen-bond acceptors (Lipinski definition) is 3. The molecule has 0 saturated heterocycles. The van der Waals surface area contributed by atoms with Crippen molar-refractivity contribution in [2.24, 2.45) is 0 Å². The van der Waals surface area contributed by atoms with Crippen molar-refractivity contribution < 1.29 is 8.42 Å². The largest absolute Gasteiger partial charge is 0.313 e. The Morgan fingerprint density at radius 1 is 1.50 bits per heavy atom. The van der Waals surface area contributed by atoms with E-state index in [-0.39, 0.29) is 11.0 Å². The van der Waals surface area contributed by atoms with Crippen LogP contribution in [0.5, 0.6) is 0 Å². The Morgan fingerprint density at radius 3 is 2.71 bits per heavy atom. The Morgan fingerprint density at radius 2 is 2.21 bits per heavy atom. The number of rotatable bonds is 4. The van der Waals surface area contributed by atoms with Crippen molar-refractivity contribution >= 4 is 9.84 Å². The molecule has 0 bridgehead atoms. The molecule has 1 N–H and O–H groups in total. The maximum Gasteiger partial charge on any atom is 0.152 e. The second-order valence-corrected chi connectivity index (χ2v) is 6.67. The molecule has 82 valence electrons. The van der Waals surface area contributed by atoms with Gasteiger partial charge in [0.15, 0.2) is 9.84 Å². The molecule has 0 aliphatic carbocycles. The molecule has 14 heavy (non-hydrogen) atoms. The van der Waals surface area contributed by atoms with Gasteiger partial charge in [0.25, 0.3) is 0 Å². The second-order valence-electron chi connectivity index (χ2n) is 3.99. The van der Waals surface area contributed by atoms with Gasteiger partial charge in [-0.05, 0) is 33.2 Å². The van der Waals surface area contributed by atoms with Gasteiger partial charge >= 0.3 is 0 Å². The summed E-state index contributed by atoms with van der Waals surface area (Å²) in [6.45, 7) is 5.35. The number of hydrogen-bond donors (Lipinski definition) is 1. The summed E-state index contributed by atoms with van der Waals surface area (Å²) < 4.78 is 23.1. The highest BCUT2D eigenvalue weighted by atomic mass is 32.2. The van der Waals surface area contributed by atoms with Crippen LogP contribution in [0.3, 0.4) is 0 Å². The lowest BCUT2D eigenvalue weighted by Gasteiger charge is -2.14. The lowest BCUT2D eigenvalue weighted by molar-refractivity contribution is 0.585. The molecule has 1 rings (SSSR count). The Balaban J connectivity index is 2.44. The topological polar surface area (TPSA) is 46.2 Å². The molecule has 0 aromatic carbocycles. The van der Waals surface area contributed by atoms with E-state index in [1.54, 1.807) is 13.8 Å². The van der Waals surface area contributed by atoms with E-state index in [9.17, 15) is 8.42 Å². The van der Waals surface area contributed by atoms with Gasteiger partial charge in [-0.1, -0.05) is 11.6 Å². The van der Waals surface area contributed by atoms with Crippen molar-refractivity contribution in [3.63, 3.8) is 0 Å². The molecule has 0 radical (unpaired) electrons. The molecule has 4 heteroatoms. The summed E-state index contributed by atoms with van der Waals surface area (Å²) in [4.78, 5) is 0. The molecule has 1 aliphatic heterocycles. The van der Waals surface area contributed by atoms with E-state index >= 15 is 0 Å². The molecule has 0 unspecified atom stereocenters. The van der Waals surface area contributed by atoms with Crippen LogP contribution >= 0.6 is 0 Å². The third kappa shape index (κ3) is 3.42. The van der Waals surface area contributed by atoms with Crippen LogP contribution in [0.1, 0.15) is 26.7 Å². The van der Waals surface area contributed by atoms with Gasteiger partial charge in [0.05, 0.1) is 11.0 Å². The smallest absolute Gasteiger partial charge is 0.152 e. The monoisotopic (exact) mass is 217 g/mol. The summed E-state index contributed by atoms with van der Waals surface area (Å²) in [6, 6.07) is 0. The van der Waals surface area contributed by atoms with Crippen LogP contribution in [0.25, 0.3) is 0 Å². The van der Waals surface area contributed by atoms with Crippen LogP contribution in [0.2, 0.25) is 0 Å². The van der Waals surface area contributed by atoms with Crippen LogP contribution < -0.4 is 5.32 Å². The lowest BCUT2D eigenvalue weighted by atomic mass is 10.1. The van der Waals surface area contributed by atoms with Gasteiger partial charge in [0.2, 0.25) is 0 Å². The van der Waals surface area contributed by atoms with Crippen LogP contribution in [0.4, 0.5) is 0 Å². The molecule has 0 aromatic rings. The summed E-state index contributed by atoms with van der Waals surface area (Å²) >= 11 is 0. The highest BCUT2D eigenvalue weighted by Crippen LogP contribution is 2.10. The fourth-order valence-electron chi connectivity index (χ4n) is 1.40. The molecule has 1 heterocycles. The maximum atomic E-state index is 11.5. The van der Waals surface area contributed by atoms with E-state index in [2.05, 4.69) is 11.4 Å². The predicted molar refractivity (Wildman–Crippen MR) is 59.1 cm³/mol. The fourth-order valence-corrected chi connectivity index (χ4v) is 2.42. The summed E-state index contributed by atoms with van der Waals surface area (Å²) in [5.74, 6) is 0.290. The second kappa shape index (κ2) is 4.94. The molecular formula is C10H19NO2S. The Kier molecular flexibility index (Phi) is 4.13. The quantitative estimate of drug-likeness (QED) is 0.718. The summed E-state index contributed by atoms with van der Waals surface area (Å²) in [6.07, 6.45) is 3.87. The van der Waals surface area contributed by atoms with Crippen molar-refractivity contribution in [3.8, 4) is 0 Å². The Hall–Kier alpha value is -0.350. The van der Waals surface area contributed by atoms with E-state index in [0.717, 1.165) is 19.5 Å². The zero-order chi connectivity index (χ0) is 10.6. The highest BCUT2D eigenvalue weighted by Gasteiger charge is 2.16. The average molecular weight is 217 g/mol. The first-order valence-electron chi connectivity index (χ1n) is 5.12. The zero-order valence-corrected chi connectivity index (χ0v) is 9.73. The van der Waals surface area contributed by atoms with Crippen LogP contribution in [-0.4, -0.2) is 32.5 Å². The fraction of sp³-hybridized carbons (Fsp3) is 0.800. The molecule has 0 saturated carbocycles. The van der Waals surface area contributed by atoms with Crippen molar-refractivity contribution in [2.75, 3.05) is 18.8 Å². The Labute approximate surface area is 86.5 Å². The molecule has 0 spiro atoms. The standard InChI is InChI=1S/C10H19NO2S/c1-9(2)14(12,13)7-5-10-4-3-6-11-8-10/h4,9,11H,3,5-8H2,1-2H3. The summed E-state index contributed by atoms with van der Waals surface area (Å²) in [5.41, 5.74) is 1.24. The summed E-state index contributed by atoms with van der Waals surface area (Å²) in [7, 11) is -2.87. The third-order valence-electron chi connectivity index (χ3n) is 2.53. The summed E-state index contributed by atoms with van der Waals surface area (Å²) in [5, 5.41) is 2.99. The molecular weight excluding hydrogens is 198 g/mol. The minimum Gasteiger partial charge on any atom is -0.313 e. The number of nitrogens with one attached hydrogen (secondary N) is 1. The van der Waals surface area contributed by atoms with Crippen LogP contribution in [-0.2, 0) is 9.84 Å². The maximum absolute atomic E-state index is 11.5. The average Bonchev–Trinajstić information content (AvgIpc) is 2.16. The third-order valence-corrected chi connectivity index (χ3v) is 4.74. The molecule has 0 aromatic heterocycles. The van der Waals surface area contributed by atoms with E-state index in [1.165, 1.54) is 5.57 Å². The van der Waals surface area contributed by atoms with Crippen molar-refractivity contribution in [1.82, 2.24) is 5.32 Å². The first-order valence-corrected chi connectivity index (χ1v) is 6.84. The van der Waals surface area contributed by atoms with E-state index in [1.807, 2.05) is 0 Å². The van der Waals surface area contributed by atoms with E-state index < -0.39 is 9.84 Å². The van der Waals surface area contributed by atoms with Gasteiger partial charge in [-0.15, -0.1) is 0 Å². The molecule has 0 fully saturated rings. The first-order chi connectivity index (χ1) is 6.52. The van der Waals surface area contributed by atoms with Crippen LogP contribution in [0.15, 0.2) is 11.6 Å². The Bertz CT molecular complexity index is 304. The number of sulfone groups is 1. The van der Waals surface area contributed by atoms with Crippen molar-refractivity contribution in [3.05, 3.63) is 11.6 Å². The van der Waals surface area contributed by atoms with Gasteiger partial charge in [0, 0.05) is 6.54 Å². The van der Waals surface area contributed by atoms with Crippen molar-refractivity contribution in [1.29, 1.82) is 0 Å². The zero-order valence-electron chi connectivity index (χ0n) is 8.91. The minimum absolute atomic E-state index is 0.250. The van der Waals surface area contributed by atoms with E-state index in [4.69, 9.17) is 0 Å². The van der Waals surface area contributed by atoms with Crippen LogP contribution in [0, 0.1) is 0 Å². The van der Waals surface area contributed by atoms with Crippen molar-refractivity contribution in [2.45, 2.75) is 31.9 Å². The van der Waals surface area contributed by atoms with E-state index in [0.29, 0.717) is 6.42 Å². The van der Waals surface area contributed by atoms with Gasteiger partial charge in [-0.2, -0.15) is 0 Å². The molecule has 0 amide bonds. The first kappa shape index (κ1) is 11.7. The SMILES string of the molecule is CC(C)S(=O)(=O)CCC1=CCCNC1. The van der Waals surface area contributed by atoms with Gasteiger partial charge in [-0.3, -0.25) is 0 Å². The molecule has 1 aliphatic rings. The van der Waals surface area contributed by atoms with Gasteiger partial charge in [-0.25, -0.2) is 8.42 Å².